The van der Waals surface area contributed by atoms with E-state index in [2.05, 4.69) is 16.9 Å². The summed E-state index contributed by atoms with van der Waals surface area (Å²) in [6, 6.07) is 9.23. The van der Waals surface area contributed by atoms with Gasteiger partial charge in [-0.15, -0.1) is 0 Å². The number of ketones is 1. The number of rotatable bonds is 5. The average molecular weight is 363 g/mol. The molecule has 2 aromatic heterocycles. The molecule has 1 aliphatic rings. The van der Waals surface area contributed by atoms with Gasteiger partial charge in [0.25, 0.3) is 0 Å². The number of imidazole rings is 1. The Kier molecular flexibility index (Phi) is 4.92. The molecule has 5 nitrogen and oxygen atoms in total. The van der Waals surface area contributed by atoms with Gasteiger partial charge < -0.3 is 4.74 Å². The van der Waals surface area contributed by atoms with E-state index in [4.69, 9.17) is 4.74 Å². The second kappa shape index (κ2) is 7.51. The normalized spacial score (nSPS) is 15.2. The molecule has 1 aliphatic carbocycles. The van der Waals surface area contributed by atoms with Gasteiger partial charge in [0.2, 0.25) is 17.4 Å². The molecular formula is C22H25N3O2. The highest BCUT2D eigenvalue weighted by Gasteiger charge is 2.22. The van der Waals surface area contributed by atoms with Gasteiger partial charge in [0.15, 0.2) is 0 Å². The lowest BCUT2D eigenvalue weighted by Gasteiger charge is -2.23. The first-order chi connectivity index (χ1) is 13.2. The molecule has 27 heavy (non-hydrogen) atoms. The lowest BCUT2D eigenvalue weighted by Crippen LogP contribution is -2.13. The van der Waals surface area contributed by atoms with Crippen LogP contribution in [0.2, 0.25) is 0 Å². The molecule has 0 N–H and O–H groups in total. The van der Waals surface area contributed by atoms with Gasteiger partial charge in [-0.3, -0.25) is 9.20 Å². The number of nitrogens with zero attached hydrogens (tertiary/aromatic N) is 3. The monoisotopic (exact) mass is 363 g/mol. The predicted molar refractivity (Wildman–Crippen MR) is 104 cm³/mol. The van der Waals surface area contributed by atoms with Crippen LogP contribution in [0.1, 0.15) is 59.4 Å². The fourth-order valence-corrected chi connectivity index (χ4v) is 4.09. The highest BCUT2D eigenvalue weighted by atomic mass is 16.5. The lowest BCUT2D eigenvalue weighted by atomic mass is 9.84. The zero-order chi connectivity index (χ0) is 18.8. The van der Waals surface area contributed by atoms with Crippen molar-refractivity contribution >= 4 is 11.6 Å². The average Bonchev–Trinajstić information content (AvgIpc) is 3.15. The summed E-state index contributed by atoms with van der Waals surface area (Å²) >= 11 is 0. The Bertz CT molecular complexity index is 957. The van der Waals surface area contributed by atoms with E-state index in [1.807, 2.05) is 34.7 Å². The van der Waals surface area contributed by atoms with Crippen LogP contribution in [-0.2, 0) is 6.42 Å². The molecule has 2 heterocycles. The Labute approximate surface area is 159 Å². The van der Waals surface area contributed by atoms with Gasteiger partial charge >= 0.3 is 0 Å². The standard InChI is InChI=1S/C22H25N3O2/c1-15-18(13-16-9-5-3-6-10-16)21(27-2)24-22-23-19(14-25(15)22)20(26)17-11-7-4-8-12-17/h4,7-8,11-12,14,16H,3,5-6,9-10,13H2,1-2H3. The van der Waals surface area contributed by atoms with Gasteiger partial charge in [0, 0.05) is 23.0 Å². The lowest BCUT2D eigenvalue weighted by molar-refractivity contribution is 0.103. The number of ether oxygens (including phenoxy) is 1. The summed E-state index contributed by atoms with van der Waals surface area (Å²) in [7, 11) is 1.65. The van der Waals surface area contributed by atoms with E-state index < -0.39 is 0 Å². The molecule has 1 fully saturated rings. The summed E-state index contributed by atoms with van der Waals surface area (Å²) in [6.45, 7) is 2.06. The van der Waals surface area contributed by atoms with Crippen molar-refractivity contribution in [3.8, 4) is 5.88 Å². The van der Waals surface area contributed by atoms with Gasteiger partial charge in [0.05, 0.1) is 7.11 Å². The first-order valence-electron chi connectivity index (χ1n) is 9.69. The fraction of sp³-hybridized carbons (Fsp3) is 0.409. The summed E-state index contributed by atoms with van der Waals surface area (Å²) in [5.74, 6) is 1.73. The summed E-state index contributed by atoms with van der Waals surface area (Å²) in [5.41, 5.74) is 3.23. The van der Waals surface area contributed by atoms with Crippen LogP contribution in [0.25, 0.3) is 5.78 Å². The van der Waals surface area contributed by atoms with E-state index in [0.29, 0.717) is 28.8 Å². The van der Waals surface area contributed by atoms with Gasteiger partial charge in [-0.2, -0.15) is 4.98 Å². The number of carbonyl (C=O) groups excluding carboxylic acids is 1. The molecule has 0 amide bonds. The maximum Gasteiger partial charge on any atom is 0.237 e. The van der Waals surface area contributed by atoms with E-state index in [9.17, 15) is 4.79 Å². The zero-order valence-electron chi connectivity index (χ0n) is 15.9. The molecule has 140 valence electrons. The van der Waals surface area contributed by atoms with Crippen molar-refractivity contribution in [1.29, 1.82) is 0 Å². The molecule has 1 saturated carbocycles. The highest BCUT2D eigenvalue weighted by Crippen LogP contribution is 2.31. The minimum Gasteiger partial charge on any atom is -0.481 e. The third-order valence-corrected chi connectivity index (χ3v) is 5.62. The predicted octanol–water partition coefficient (Wildman–Crippen LogP) is 4.40. The quantitative estimate of drug-likeness (QED) is 0.631. The van der Waals surface area contributed by atoms with E-state index in [1.54, 1.807) is 13.3 Å². The van der Waals surface area contributed by atoms with E-state index in [1.165, 1.54) is 32.1 Å². The highest BCUT2D eigenvalue weighted by molar-refractivity contribution is 6.07. The molecule has 0 bridgehead atoms. The molecule has 0 atom stereocenters. The maximum atomic E-state index is 12.7. The summed E-state index contributed by atoms with van der Waals surface area (Å²) < 4.78 is 7.51. The number of carbonyl (C=O) groups is 1. The molecular weight excluding hydrogens is 338 g/mol. The van der Waals surface area contributed by atoms with Crippen LogP contribution >= 0.6 is 0 Å². The Morgan fingerprint density at radius 3 is 2.59 bits per heavy atom. The number of fused-ring (bicyclic) bond motifs is 1. The summed E-state index contributed by atoms with van der Waals surface area (Å²) in [5, 5.41) is 0. The molecule has 1 aromatic carbocycles. The van der Waals surface area contributed by atoms with E-state index >= 15 is 0 Å². The first kappa shape index (κ1) is 17.7. The first-order valence-corrected chi connectivity index (χ1v) is 9.69. The number of hydrogen-bond donors (Lipinski definition) is 0. The Hall–Kier alpha value is -2.69. The van der Waals surface area contributed by atoms with Gasteiger partial charge in [0.1, 0.15) is 5.69 Å². The molecule has 0 unspecified atom stereocenters. The van der Waals surface area contributed by atoms with Crippen LogP contribution in [0.15, 0.2) is 36.5 Å². The second-order valence-corrected chi connectivity index (χ2v) is 7.38. The van der Waals surface area contributed by atoms with Crippen molar-refractivity contribution in [1.82, 2.24) is 14.4 Å². The SMILES string of the molecule is COc1nc2nc(C(=O)c3ccccc3)cn2c(C)c1CC1CCCCC1. The summed E-state index contributed by atoms with van der Waals surface area (Å²) in [4.78, 5) is 21.8. The van der Waals surface area contributed by atoms with Crippen molar-refractivity contribution < 1.29 is 9.53 Å². The topological polar surface area (TPSA) is 56.5 Å². The Balaban J connectivity index is 1.72. The third kappa shape index (κ3) is 3.46. The molecule has 0 saturated heterocycles. The maximum absolute atomic E-state index is 12.7. The van der Waals surface area contributed by atoms with Gasteiger partial charge in [-0.05, 0) is 19.3 Å². The smallest absolute Gasteiger partial charge is 0.237 e. The van der Waals surface area contributed by atoms with Gasteiger partial charge in [-0.25, -0.2) is 4.98 Å². The Morgan fingerprint density at radius 2 is 1.89 bits per heavy atom. The number of aromatic nitrogens is 3. The molecule has 5 heteroatoms. The zero-order valence-corrected chi connectivity index (χ0v) is 15.9. The van der Waals surface area contributed by atoms with E-state index in [-0.39, 0.29) is 5.78 Å². The minimum absolute atomic E-state index is 0.0895. The van der Waals surface area contributed by atoms with Crippen LogP contribution in [0.4, 0.5) is 0 Å². The second-order valence-electron chi connectivity index (χ2n) is 7.38. The largest absolute Gasteiger partial charge is 0.481 e. The van der Waals surface area contributed by atoms with Crippen molar-refractivity contribution in [2.45, 2.75) is 45.4 Å². The number of methoxy groups -OCH3 is 1. The molecule has 3 aromatic rings. The van der Waals surface area contributed by atoms with Crippen LogP contribution in [0.3, 0.4) is 0 Å². The van der Waals surface area contributed by atoms with E-state index in [0.717, 1.165) is 17.7 Å². The van der Waals surface area contributed by atoms with Crippen molar-refractivity contribution in [2.24, 2.45) is 5.92 Å². The number of aryl methyl sites for hydroxylation is 1. The van der Waals surface area contributed by atoms with Crippen molar-refractivity contribution in [2.75, 3.05) is 7.11 Å². The summed E-state index contributed by atoms with van der Waals surface area (Å²) in [6.07, 6.45) is 9.26. The molecule has 0 radical (unpaired) electrons. The molecule has 4 rings (SSSR count). The van der Waals surface area contributed by atoms with Crippen LogP contribution < -0.4 is 4.74 Å². The minimum atomic E-state index is -0.0895. The Morgan fingerprint density at radius 1 is 1.15 bits per heavy atom. The number of benzene rings is 1. The third-order valence-electron chi connectivity index (χ3n) is 5.62. The van der Waals surface area contributed by atoms with Crippen molar-refractivity contribution in [3.63, 3.8) is 0 Å². The fourth-order valence-electron chi connectivity index (χ4n) is 4.09. The van der Waals surface area contributed by atoms with Crippen LogP contribution in [0, 0.1) is 12.8 Å². The number of hydrogen-bond acceptors (Lipinski definition) is 4. The van der Waals surface area contributed by atoms with Crippen LogP contribution in [0.5, 0.6) is 5.88 Å². The van der Waals surface area contributed by atoms with Crippen molar-refractivity contribution in [3.05, 3.63) is 59.0 Å². The van der Waals surface area contributed by atoms with Crippen LogP contribution in [-0.4, -0.2) is 27.3 Å². The van der Waals surface area contributed by atoms with Gasteiger partial charge in [-0.1, -0.05) is 62.4 Å². The molecule has 0 aliphatic heterocycles. The molecule has 0 spiro atoms.